The Morgan fingerprint density at radius 1 is 1.28 bits per heavy atom. The fourth-order valence-electron chi connectivity index (χ4n) is 3.78. The molecule has 3 aromatic rings. The lowest BCUT2D eigenvalue weighted by Crippen LogP contribution is -2.17. The Hall–Kier alpha value is -2.17. The predicted molar refractivity (Wildman–Crippen MR) is 130 cm³/mol. The summed E-state index contributed by atoms with van der Waals surface area (Å²) in [5.41, 5.74) is 1.58. The summed E-state index contributed by atoms with van der Waals surface area (Å²) in [5.74, 6) is 0.471. The maximum Gasteiger partial charge on any atom is 0.341 e. The average Bonchev–Trinajstić information content (AvgIpc) is 3.49. The van der Waals surface area contributed by atoms with Crippen molar-refractivity contribution in [3.8, 4) is 10.7 Å². The number of aromatic nitrogens is 3. The van der Waals surface area contributed by atoms with E-state index in [1.165, 1.54) is 28.0 Å². The van der Waals surface area contributed by atoms with Crippen molar-refractivity contribution in [1.29, 1.82) is 0 Å². The van der Waals surface area contributed by atoms with Crippen LogP contribution in [-0.2, 0) is 22.4 Å². The van der Waals surface area contributed by atoms with E-state index in [2.05, 4.69) is 33.9 Å². The molecule has 1 aliphatic carbocycles. The third-order valence-corrected chi connectivity index (χ3v) is 8.17. The minimum Gasteiger partial charge on any atom is -0.462 e. The monoisotopic (exact) mass is 490 g/mol. The number of nitrogens with zero attached hydrogens (tertiary/aromatic N) is 3. The van der Waals surface area contributed by atoms with E-state index >= 15 is 0 Å². The summed E-state index contributed by atoms with van der Waals surface area (Å²) < 4.78 is 7.33. The second-order valence-corrected chi connectivity index (χ2v) is 10.7. The van der Waals surface area contributed by atoms with Crippen LogP contribution in [-0.4, -0.2) is 39.0 Å². The van der Waals surface area contributed by atoms with Gasteiger partial charge >= 0.3 is 5.97 Å². The third-order valence-electron chi connectivity index (χ3n) is 5.16. The second kappa shape index (κ2) is 10.2. The fourth-order valence-corrected chi connectivity index (χ4v) is 6.65. The number of hydrogen-bond acceptors (Lipinski definition) is 8. The van der Waals surface area contributed by atoms with Crippen molar-refractivity contribution in [3.05, 3.63) is 33.5 Å². The first-order valence-corrected chi connectivity index (χ1v) is 13.4. The molecule has 32 heavy (non-hydrogen) atoms. The van der Waals surface area contributed by atoms with E-state index in [9.17, 15) is 9.59 Å². The summed E-state index contributed by atoms with van der Waals surface area (Å²) in [7, 11) is 0. The molecule has 1 aliphatic rings. The zero-order chi connectivity index (χ0) is 22.7. The van der Waals surface area contributed by atoms with Gasteiger partial charge in [-0.1, -0.05) is 17.8 Å². The predicted octanol–water partition coefficient (Wildman–Crippen LogP) is 5.44. The van der Waals surface area contributed by atoms with Crippen molar-refractivity contribution in [1.82, 2.24) is 14.8 Å². The topological polar surface area (TPSA) is 86.1 Å². The van der Waals surface area contributed by atoms with Gasteiger partial charge in [-0.3, -0.25) is 9.36 Å². The molecule has 0 spiro atoms. The van der Waals surface area contributed by atoms with Gasteiger partial charge in [-0.2, -0.15) is 0 Å². The number of carbonyl (C=O) groups is 2. The molecule has 0 fully saturated rings. The molecule has 3 heterocycles. The van der Waals surface area contributed by atoms with Crippen molar-refractivity contribution in [3.63, 3.8) is 0 Å². The van der Waals surface area contributed by atoms with E-state index < -0.39 is 0 Å². The number of anilines is 1. The quantitative estimate of drug-likeness (QED) is 0.334. The molecular weight excluding hydrogens is 464 g/mol. The molecule has 0 saturated heterocycles. The minimum atomic E-state index is -0.352. The summed E-state index contributed by atoms with van der Waals surface area (Å²) in [6.07, 6.45) is 3.96. The first-order valence-electron chi connectivity index (χ1n) is 10.7. The Bertz CT molecular complexity index is 1100. The number of aryl methyl sites for hydroxylation is 1. The van der Waals surface area contributed by atoms with Gasteiger partial charge < -0.3 is 10.1 Å². The molecule has 3 aromatic heterocycles. The summed E-state index contributed by atoms with van der Waals surface area (Å²) >= 11 is 4.47. The fraction of sp³-hybridized carbons (Fsp3) is 0.455. The van der Waals surface area contributed by atoms with Gasteiger partial charge in [0.15, 0.2) is 11.0 Å². The van der Waals surface area contributed by atoms with Crippen LogP contribution < -0.4 is 5.32 Å². The largest absolute Gasteiger partial charge is 0.462 e. The minimum absolute atomic E-state index is 0.159. The molecule has 10 heteroatoms. The highest BCUT2D eigenvalue weighted by atomic mass is 32.2. The van der Waals surface area contributed by atoms with Crippen molar-refractivity contribution >= 4 is 51.3 Å². The lowest BCUT2D eigenvalue weighted by Gasteiger charge is -2.13. The Morgan fingerprint density at radius 2 is 2.09 bits per heavy atom. The van der Waals surface area contributed by atoms with Crippen molar-refractivity contribution in [2.24, 2.45) is 0 Å². The summed E-state index contributed by atoms with van der Waals surface area (Å²) in [6, 6.07) is 4.16. The molecule has 0 atom stereocenters. The van der Waals surface area contributed by atoms with Crippen LogP contribution in [0.3, 0.4) is 0 Å². The van der Waals surface area contributed by atoms with E-state index in [4.69, 9.17) is 4.74 Å². The van der Waals surface area contributed by atoms with Gasteiger partial charge in [0, 0.05) is 10.9 Å². The lowest BCUT2D eigenvalue weighted by molar-refractivity contribution is -0.113. The number of amides is 1. The van der Waals surface area contributed by atoms with Crippen molar-refractivity contribution < 1.29 is 14.3 Å². The first-order chi connectivity index (χ1) is 15.5. The van der Waals surface area contributed by atoms with E-state index in [0.29, 0.717) is 22.3 Å². The third kappa shape index (κ3) is 4.77. The van der Waals surface area contributed by atoms with Gasteiger partial charge in [-0.05, 0) is 63.5 Å². The maximum atomic E-state index is 12.8. The van der Waals surface area contributed by atoms with Crippen LogP contribution in [0.1, 0.15) is 60.5 Å². The number of rotatable bonds is 8. The molecule has 7 nitrogen and oxygen atoms in total. The smallest absolute Gasteiger partial charge is 0.341 e. The highest BCUT2D eigenvalue weighted by molar-refractivity contribution is 7.99. The van der Waals surface area contributed by atoms with E-state index in [1.54, 1.807) is 18.3 Å². The van der Waals surface area contributed by atoms with Crippen LogP contribution in [0.15, 0.2) is 22.7 Å². The van der Waals surface area contributed by atoms with Gasteiger partial charge in [0.1, 0.15) is 5.00 Å². The van der Waals surface area contributed by atoms with Gasteiger partial charge in [0.2, 0.25) is 5.91 Å². The van der Waals surface area contributed by atoms with Crippen LogP contribution >= 0.6 is 34.4 Å². The number of nitrogens with one attached hydrogen (secondary N) is 1. The first kappa shape index (κ1) is 23.0. The molecule has 0 bridgehead atoms. The van der Waals surface area contributed by atoms with Gasteiger partial charge in [-0.15, -0.1) is 32.9 Å². The molecule has 0 radical (unpaired) electrons. The standard InChI is InChI=1S/C22H26N4O3S3/c1-4-29-21(28)18-14-8-5-6-9-15(14)32-20(18)23-17(27)12-31-22-25-24-19(26(22)13(2)3)16-10-7-11-30-16/h7,10-11,13H,4-6,8-9,12H2,1-3H3,(H,23,27). The Kier molecular flexibility index (Phi) is 7.32. The highest BCUT2D eigenvalue weighted by Gasteiger charge is 2.27. The number of thiophene rings is 2. The molecular formula is C22H26N4O3S3. The molecule has 0 aliphatic heterocycles. The van der Waals surface area contributed by atoms with Crippen molar-refractivity contribution in [2.75, 3.05) is 17.7 Å². The summed E-state index contributed by atoms with van der Waals surface area (Å²) in [4.78, 5) is 27.6. The normalized spacial score (nSPS) is 13.2. The number of hydrogen-bond donors (Lipinski definition) is 1. The zero-order valence-electron chi connectivity index (χ0n) is 18.3. The number of thioether (sulfide) groups is 1. The Labute approximate surface area is 199 Å². The molecule has 0 aromatic carbocycles. The molecule has 170 valence electrons. The van der Waals surface area contributed by atoms with Crippen LogP contribution in [0, 0.1) is 0 Å². The Morgan fingerprint density at radius 3 is 2.81 bits per heavy atom. The highest BCUT2D eigenvalue weighted by Crippen LogP contribution is 2.39. The van der Waals surface area contributed by atoms with E-state index in [0.717, 1.165) is 41.9 Å². The van der Waals surface area contributed by atoms with Crippen LogP contribution in [0.25, 0.3) is 10.7 Å². The van der Waals surface area contributed by atoms with Crippen molar-refractivity contribution in [2.45, 2.75) is 57.7 Å². The number of esters is 1. The summed E-state index contributed by atoms with van der Waals surface area (Å²) in [5, 5.41) is 15.0. The second-order valence-electron chi connectivity index (χ2n) is 7.72. The van der Waals surface area contributed by atoms with Gasteiger partial charge in [0.05, 0.1) is 22.8 Å². The average molecular weight is 491 g/mol. The van der Waals surface area contributed by atoms with Crippen LogP contribution in [0.4, 0.5) is 5.00 Å². The van der Waals surface area contributed by atoms with E-state index in [1.807, 2.05) is 17.5 Å². The molecule has 0 saturated carbocycles. The van der Waals surface area contributed by atoms with Gasteiger partial charge in [0.25, 0.3) is 0 Å². The number of carbonyl (C=O) groups excluding carboxylic acids is 2. The summed E-state index contributed by atoms with van der Waals surface area (Å²) in [6.45, 7) is 6.25. The molecule has 4 rings (SSSR count). The number of ether oxygens (including phenoxy) is 1. The molecule has 1 N–H and O–H groups in total. The van der Waals surface area contributed by atoms with Gasteiger partial charge in [-0.25, -0.2) is 4.79 Å². The van der Waals surface area contributed by atoms with E-state index in [-0.39, 0.29) is 23.7 Å². The number of fused-ring (bicyclic) bond motifs is 1. The molecule has 1 amide bonds. The van der Waals surface area contributed by atoms with Crippen LogP contribution in [0.2, 0.25) is 0 Å². The molecule has 0 unspecified atom stereocenters. The Balaban J connectivity index is 1.50. The maximum absolute atomic E-state index is 12.8. The zero-order valence-corrected chi connectivity index (χ0v) is 20.8. The van der Waals surface area contributed by atoms with Crippen LogP contribution in [0.5, 0.6) is 0 Å². The SMILES string of the molecule is CCOC(=O)c1c(NC(=O)CSc2nnc(-c3cccs3)n2C(C)C)sc2c1CCCC2. The lowest BCUT2D eigenvalue weighted by atomic mass is 9.95.